The molecule has 0 saturated heterocycles. The molecule has 0 aliphatic rings. The van der Waals surface area contributed by atoms with Gasteiger partial charge in [-0.15, -0.1) is 0 Å². The smallest absolute Gasteiger partial charge is 0.462 e. The van der Waals surface area contributed by atoms with Gasteiger partial charge in [0.05, 0.1) is 26.4 Å². The van der Waals surface area contributed by atoms with Crippen LogP contribution in [0.15, 0.2) is 0 Å². The number of phosphoric ester groups is 2. The minimum absolute atomic E-state index is 0.108. The fourth-order valence-corrected chi connectivity index (χ4v) is 13.2. The Bertz CT molecular complexity index is 1840. The van der Waals surface area contributed by atoms with Gasteiger partial charge in [-0.2, -0.15) is 0 Å². The van der Waals surface area contributed by atoms with Crippen LogP contribution in [0, 0.1) is 11.8 Å². The quantitative estimate of drug-likeness (QED) is 0.0222. The van der Waals surface area contributed by atoms with Gasteiger partial charge < -0.3 is 33.8 Å². The maximum Gasteiger partial charge on any atom is 0.472 e. The van der Waals surface area contributed by atoms with Gasteiger partial charge in [-0.3, -0.25) is 37.3 Å². The number of esters is 4. The first kappa shape index (κ1) is 93.1. The highest BCUT2D eigenvalue weighted by Crippen LogP contribution is 2.45. The molecule has 0 rings (SSSR count). The summed E-state index contributed by atoms with van der Waals surface area (Å²) >= 11 is 0. The maximum absolute atomic E-state index is 13.1. The van der Waals surface area contributed by atoms with Gasteiger partial charge in [0.1, 0.15) is 19.3 Å². The maximum atomic E-state index is 13.1. The fourth-order valence-electron chi connectivity index (χ4n) is 11.6. The molecule has 0 saturated carbocycles. The highest BCUT2D eigenvalue weighted by molar-refractivity contribution is 7.47. The minimum atomic E-state index is -4.96. The van der Waals surface area contributed by atoms with Gasteiger partial charge >= 0.3 is 39.5 Å². The molecule has 0 aromatic rings. The lowest BCUT2D eigenvalue weighted by Crippen LogP contribution is -2.30. The Morgan fingerprint density at radius 3 is 0.747 bits per heavy atom. The van der Waals surface area contributed by atoms with Crippen molar-refractivity contribution in [1.29, 1.82) is 0 Å². The van der Waals surface area contributed by atoms with E-state index in [1.54, 1.807) is 0 Å². The second kappa shape index (κ2) is 67.9. The number of carbonyl (C=O) groups is 4. The number of ether oxygens (including phenoxy) is 4. The molecule has 19 heteroatoms. The molecule has 0 radical (unpaired) electrons. The molecule has 564 valence electrons. The van der Waals surface area contributed by atoms with E-state index < -0.39 is 97.5 Å². The monoisotopic (exact) mass is 1400 g/mol. The van der Waals surface area contributed by atoms with Crippen molar-refractivity contribution in [3.05, 3.63) is 0 Å². The van der Waals surface area contributed by atoms with E-state index in [2.05, 4.69) is 41.5 Å². The minimum Gasteiger partial charge on any atom is -0.462 e. The summed E-state index contributed by atoms with van der Waals surface area (Å²) in [5.74, 6) is -0.458. The molecule has 0 aromatic carbocycles. The average molecular weight is 1400 g/mol. The number of rotatable bonds is 75. The standard InChI is InChI=1S/C76H148O17P2/c1-7-11-13-15-17-19-21-24-28-36-42-48-54-60-75(80)92-71(64-86-73(78)58-52-46-40-34-20-18-16-14-12-8-2)66-90-94(82,83)88-62-70(77)63-89-95(84,85)91-67-72(65-87-74(79)59-53-47-41-35-31-30-33-39-45-51-57-69(6)10-4)93-76(81)61-55-49-43-37-29-26-23-22-25-27-32-38-44-50-56-68(5)9-3/h68-72,77H,7-67H2,1-6H3,(H,82,83)(H,84,85)/t68?,69?,70-,71+,72+/m0/s1. The predicted octanol–water partition coefficient (Wildman–Crippen LogP) is 22.3. The summed E-state index contributed by atoms with van der Waals surface area (Å²) < 4.78 is 68.5. The third-order valence-electron chi connectivity index (χ3n) is 18.4. The van der Waals surface area contributed by atoms with E-state index in [4.69, 9.17) is 37.0 Å². The first-order valence-electron chi connectivity index (χ1n) is 39.6. The van der Waals surface area contributed by atoms with Crippen LogP contribution in [-0.4, -0.2) is 96.7 Å². The second-order valence-electron chi connectivity index (χ2n) is 27.9. The van der Waals surface area contributed by atoms with E-state index >= 15 is 0 Å². The average Bonchev–Trinajstić information content (AvgIpc) is 2.63. The number of aliphatic hydroxyl groups is 1. The van der Waals surface area contributed by atoms with E-state index in [0.29, 0.717) is 25.7 Å². The number of unbranched alkanes of at least 4 members (excludes halogenated alkanes) is 43. The van der Waals surface area contributed by atoms with E-state index in [-0.39, 0.29) is 25.7 Å². The number of carbonyl (C=O) groups excluding carboxylic acids is 4. The van der Waals surface area contributed by atoms with Crippen LogP contribution in [0.3, 0.4) is 0 Å². The number of aliphatic hydroxyl groups excluding tert-OH is 1. The van der Waals surface area contributed by atoms with Crippen molar-refractivity contribution in [3.63, 3.8) is 0 Å². The molecule has 3 N–H and O–H groups in total. The van der Waals surface area contributed by atoms with Crippen molar-refractivity contribution in [3.8, 4) is 0 Å². The normalized spacial score (nSPS) is 14.6. The van der Waals surface area contributed by atoms with Crippen LogP contribution in [0.5, 0.6) is 0 Å². The summed E-state index contributed by atoms with van der Waals surface area (Å²) in [6.45, 7) is 9.68. The molecule has 0 aliphatic carbocycles. The number of phosphoric acid groups is 2. The molecule has 95 heavy (non-hydrogen) atoms. The van der Waals surface area contributed by atoms with Crippen LogP contribution in [0.2, 0.25) is 0 Å². The Hall–Kier alpha value is -1.94. The third-order valence-corrected chi connectivity index (χ3v) is 20.3. The molecule has 17 nitrogen and oxygen atoms in total. The van der Waals surface area contributed by atoms with Crippen LogP contribution < -0.4 is 0 Å². The molecule has 0 fully saturated rings. The van der Waals surface area contributed by atoms with Crippen molar-refractivity contribution in [2.24, 2.45) is 11.8 Å². The molecule has 0 aromatic heterocycles. The first-order valence-corrected chi connectivity index (χ1v) is 42.6. The van der Waals surface area contributed by atoms with Gasteiger partial charge in [0.2, 0.25) is 0 Å². The lowest BCUT2D eigenvalue weighted by molar-refractivity contribution is -0.161. The van der Waals surface area contributed by atoms with E-state index in [0.717, 1.165) is 102 Å². The van der Waals surface area contributed by atoms with Gasteiger partial charge in [-0.25, -0.2) is 9.13 Å². The topological polar surface area (TPSA) is 237 Å². The highest BCUT2D eigenvalue weighted by Gasteiger charge is 2.30. The Balaban J connectivity index is 5.25. The van der Waals surface area contributed by atoms with Gasteiger partial charge in [0.25, 0.3) is 0 Å². The summed E-state index contributed by atoms with van der Waals surface area (Å²) in [5, 5.41) is 10.6. The molecule has 0 bridgehead atoms. The largest absolute Gasteiger partial charge is 0.472 e. The van der Waals surface area contributed by atoms with Crippen LogP contribution in [-0.2, 0) is 65.4 Å². The molecule has 0 aliphatic heterocycles. The fraction of sp³-hybridized carbons (Fsp3) is 0.947. The van der Waals surface area contributed by atoms with Crippen LogP contribution in [0.4, 0.5) is 0 Å². The molecule has 0 spiro atoms. The lowest BCUT2D eigenvalue weighted by Gasteiger charge is -2.21. The van der Waals surface area contributed by atoms with Crippen molar-refractivity contribution >= 4 is 39.5 Å². The van der Waals surface area contributed by atoms with Crippen LogP contribution in [0.25, 0.3) is 0 Å². The summed E-state index contributed by atoms with van der Waals surface area (Å²) in [6, 6.07) is 0. The molecule has 4 unspecified atom stereocenters. The zero-order chi connectivity index (χ0) is 70.0. The Morgan fingerprint density at radius 1 is 0.295 bits per heavy atom. The van der Waals surface area contributed by atoms with Gasteiger partial charge in [-0.05, 0) is 37.5 Å². The molecular formula is C76H148O17P2. The SMILES string of the molecule is CCCCCCCCCCCCCCCC(=O)O[C@H](COC(=O)CCCCCCCCCCCC)COP(=O)(O)OC[C@H](O)COP(=O)(O)OC[C@@H](COC(=O)CCCCCCCCCCCCC(C)CC)OC(=O)CCCCCCCCCCCCCCCCC(C)CC. The van der Waals surface area contributed by atoms with E-state index in [1.165, 1.54) is 212 Å². The number of hydrogen-bond donors (Lipinski definition) is 3. The van der Waals surface area contributed by atoms with Crippen molar-refractivity contribution in [2.45, 2.75) is 413 Å². The summed E-state index contributed by atoms with van der Waals surface area (Å²) in [4.78, 5) is 72.8. The van der Waals surface area contributed by atoms with Gasteiger partial charge in [-0.1, -0.05) is 343 Å². The number of hydrogen-bond acceptors (Lipinski definition) is 15. The van der Waals surface area contributed by atoms with E-state index in [1.807, 2.05) is 0 Å². The molecule has 0 heterocycles. The van der Waals surface area contributed by atoms with Crippen molar-refractivity contribution < 1.29 is 80.2 Å². The molecule has 7 atom stereocenters. The zero-order valence-electron chi connectivity index (χ0n) is 62.0. The highest BCUT2D eigenvalue weighted by atomic mass is 31.2. The lowest BCUT2D eigenvalue weighted by atomic mass is 9.99. The Morgan fingerprint density at radius 2 is 0.505 bits per heavy atom. The van der Waals surface area contributed by atoms with Crippen LogP contribution >= 0.6 is 15.6 Å². The van der Waals surface area contributed by atoms with Gasteiger partial charge in [0.15, 0.2) is 12.2 Å². The van der Waals surface area contributed by atoms with Crippen LogP contribution in [0.1, 0.15) is 395 Å². The predicted molar refractivity (Wildman–Crippen MR) is 386 cm³/mol. The summed E-state index contributed by atoms with van der Waals surface area (Å²) in [7, 11) is -9.91. The summed E-state index contributed by atoms with van der Waals surface area (Å²) in [6.07, 6.45) is 55.2. The molecule has 0 amide bonds. The Labute approximate surface area is 581 Å². The zero-order valence-corrected chi connectivity index (χ0v) is 63.8. The second-order valence-corrected chi connectivity index (χ2v) is 30.8. The summed E-state index contributed by atoms with van der Waals surface area (Å²) in [5.41, 5.74) is 0. The van der Waals surface area contributed by atoms with Crippen molar-refractivity contribution in [2.75, 3.05) is 39.6 Å². The Kier molecular flexibility index (Phi) is 66.5. The molecular weight excluding hydrogens is 1250 g/mol. The van der Waals surface area contributed by atoms with Crippen molar-refractivity contribution in [1.82, 2.24) is 0 Å². The third kappa shape index (κ3) is 67.6. The first-order chi connectivity index (χ1) is 45.9. The van der Waals surface area contributed by atoms with Gasteiger partial charge in [0, 0.05) is 25.7 Å². The van der Waals surface area contributed by atoms with E-state index in [9.17, 15) is 43.2 Å².